The third kappa shape index (κ3) is 4.59. The van der Waals surface area contributed by atoms with Gasteiger partial charge in [-0.05, 0) is 24.7 Å². The van der Waals surface area contributed by atoms with Crippen LogP contribution in [0.3, 0.4) is 0 Å². The van der Waals surface area contributed by atoms with Crippen LogP contribution in [0.15, 0.2) is 60.7 Å². The molecule has 0 aliphatic heterocycles. The fraction of sp³-hybridized carbons (Fsp3) is 0.150. The molecule has 1 amide bonds. The van der Waals surface area contributed by atoms with Gasteiger partial charge in [0.15, 0.2) is 0 Å². The van der Waals surface area contributed by atoms with Crippen molar-refractivity contribution in [1.82, 2.24) is 15.1 Å². The lowest BCUT2D eigenvalue weighted by Gasteiger charge is -2.08. The molecule has 27 heavy (non-hydrogen) atoms. The Bertz CT molecular complexity index is 934. The van der Waals surface area contributed by atoms with Crippen molar-refractivity contribution in [3.63, 3.8) is 0 Å². The Morgan fingerprint density at radius 1 is 1.07 bits per heavy atom. The topological polar surface area (TPSA) is 96.2 Å². The summed E-state index contributed by atoms with van der Waals surface area (Å²) < 4.78 is 1.73. The van der Waals surface area contributed by atoms with Gasteiger partial charge in [-0.1, -0.05) is 42.5 Å². The van der Waals surface area contributed by atoms with E-state index in [1.807, 2.05) is 30.3 Å². The summed E-state index contributed by atoms with van der Waals surface area (Å²) in [4.78, 5) is 23.0. The predicted molar refractivity (Wildman–Crippen MR) is 103 cm³/mol. The van der Waals surface area contributed by atoms with Crippen LogP contribution in [-0.2, 0) is 11.3 Å². The van der Waals surface area contributed by atoms with Crippen molar-refractivity contribution in [2.75, 3.05) is 18.9 Å². The lowest BCUT2D eigenvalue weighted by Crippen LogP contribution is -2.26. The van der Waals surface area contributed by atoms with E-state index in [0.29, 0.717) is 18.1 Å². The molecule has 0 spiro atoms. The number of nitrogens with one attached hydrogen (secondary N) is 2. The molecule has 138 valence electrons. The predicted octanol–water partition coefficient (Wildman–Crippen LogP) is 2.45. The summed E-state index contributed by atoms with van der Waals surface area (Å²) in [6, 6.07) is 18.1. The highest BCUT2D eigenvalue weighted by Gasteiger charge is 2.13. The number of carboxylic acid groups (broad SMARTS) is 1. The second kappa shape index (κ2) is 8.29. The Morgan fingerprint density at radius 3 is 2.41 bits per heavy atom. The molecule has 0 aliphatic rings. The number of hydrogen-bond donors (Lipinski definition) is 3. The molecule has 7 heteroatoms. The molecule has 0 radical (unpaired) electrons. The van der Waals surface area contributed by atoms with Crippen LogP contribution < -0.4 is 10.6 Å². The van der Waals surface area contributed by atoms with Crippen LogP contribution in [0.5, 0.6) is 0 Å². The van der Waals surface area contributed by atoms with Gasteiger partial charge in [0.05, 0.1) is 24.3 Å². The largest absolute Gasteiger partial charge is 0.478 e. The zero-order valence-corrected chi connectivity index (χ0v) is 14.8. The van der Waals surface area contributed by atoms with E-state index in [2.05, 4.69) is 15.7 Å². The van der Waals surface area contributed by atoms with Gasteiger partial charge in [-0.15, -0.1) is 0 Å². The monoisotopic (exact) mass is 364 g/mol. The average Bonchev–Trinajstić information content (AvgIpc) is 3.05. The SMILES string of the molecule is CNCC(=O)Nc1cc(-c2ccc(C(=O)O)cc2)nn1Cc1ccccc1. The maximum Gasteiger partial charge on any atom is 0.335 e. The first-order valence-corrected chi connectivity index (χ1v) is 8.47. The van der Waals surface area contributed by atoms with Gasteiger partial charge in [0.1, 0.15) is 5.82 Å². The minimum atomic E-state index is -0.976. The molecule has 3 N–H and O–H groups in total. The fourth-order valence-electron chi connectivity index (χ4n) is 2.67. The Kier molecular flexibility index (Phi) is 5.63. The molecule has 0 saturated carbocycles. The molecule has 0 atom stereocenters. The van der Waals surface area contributed by atoms with E-state index in [4.69, 9.17) is 5.11 Å². The van der Waals surface area contributed by atoms with Crippen molar-refractivity contribution in [2.24, 2.45) is 0 Å². The quantitative estimate of drug-likeness (QED) is 0.598. The zero-order valence-electron chi connectivity index (χ0n) is 14.8. The smallest absolute Gasteiger partial charge is 0.335 e. The molecule has 1 aromatic heterocycles. The van der Waals surface area contributed by atoms with Crippen molar-refractivity contribution >= 4 is 17.7 Å². The second-order valence-electron chi connectivity index (χ2n) is 6.02. The van der Waals surface area contributed by atoms with Crippen molar-refractivity contribution in [3.8, 4) is 11.3 Å². The van der Waals surface area contributed by atoms with Gasteiger partial charge >= 0.3 is 5.97 Å². The van der Waals surface area contributed by atoms with Crippen LogP contribution in [0, 0.1) is 0 Å². The molecule has 0 unspecified atom stereocenters. The first-order chi connectivity index (χ1) is 13.1. The van der Waals surface area contributed by atoms with Crippen LogP contribution in [0.4, 0.5) is 5.82 Å². The van der Waals surface area contributed by atoms with Crippen molar-refractivity contribution in [3.05, 3.63) is 71.8 Å². The number of benzene rings is 2. The van der Waals surface area contributed by atoms with Crippen molar-refractivity contribution < 1.29 is 14.7 Å². The normalized spacial score (nSPS) is 10.6. The molecule has 0 aliphatic carbocycles. The number of nitrogens with zero attached hydrogens (tertiary/aromatic N) is 2. The van der Waals surface area contributed by atoms with Crippen molar-refractivity contribution in [2.45, 2.75) is 6.54 Å². The standard InChI is InChI=1S/C20H20N4O3/c1-21-12-19(25)22-18-11-17(15-7-9-16(10-8-15)20(26)27)23-24(18)13-14-5-3-2-4-6-14/h2-11,21H,12-13H2,1H3,(H,22,25)(H,26,27). The van der Waals surface area contributed by atoms with Crippen LogP contribution in [0.1, 0.15) is 15.9 Å². The average molecular weight is 364 g/mol. The maximum atomic E-state index is 12.0. The first kappa shape index (κ1) is 18.3. The van der Waals surface area contributed by atoms with E-state index in [1.54, 1.807) is 29.9 Å². The van der Waals surface area contributed by atoms with E-state index in [9.17, 15) is 9.59 Å². The van der Waals surface area contributed by atoms with Crippen LogP contribution in [0.2, 0.25) is 0 Å². The van der Waals surface area contributed by atoms with Gasteiger partial charge in [0.25, 0.3) is 0 Å². The fourth-order valence-corrected chi connectivity index (χ4v) is 2.67. The van der Waals surface area contributed by atoms with E-state index in [-0.39, 0.29) is 18.0 Å². The summed E-state index contributed by atoms with van der Waals surface area (Å²) in [5, 5.41) is 19.3. The number of hydrogen-bond acceptors (Lipinski definition) is 4. The molecular formula is C20H20N4O3. The molecule has 2 aromatic carbocycles. The molecule has 0 fully saturated rings. The van der Waals surface area contributed by atoms with Gasteiger partial charge in [-0.2, -0.15) is 5.10 Å². The number of carbonyl (C=O) groups excluding carboxylic acids is 1. The summed E-state index contributed by atoms with van der Waals surface area (Å²) in [5.74, 6) is -0.563. The van der Waals surface area contributed by atoms with E-state index >= 15 is 0 Å². The van der Waals surface area contributed by atoms with Gasteiger partial charge in [-0.25, -0.2) is 9.48 Å². The lowest BCUT2D eigenvalue weighted by molar-refractivity contribution is -0.115. The summed E-state index contributed by atoms with van der Waals surface area (Å²) in [7, 11) is 1.70. The van der Waals surface area contributed by atoms with Gasteiger partial charge in [-0.3, -0.25) is 4.79 Å². The molecule has 0 saturated heterocycles. The third-order valence-corrected chi connectivity index (χ3v) is 3.99. The third-order valence-electron chi connectivity index (χ3n) is 3.99. The molecule has 7 nitrogen and oxygen atoms in total. The number of carboxylic acids is 1. The Morgan fingerprint density at radius 2 is 1.78 bits per heavy atom. The highest BCUT2D eigenvalue weighted by Crippen LogP contribution is 2.23. The van der Waals surface area contributed by atoms with Crippen LogP contribution >= 0.6 is 0 Å². The summed E-state index contributed by atoms with van der Waals surface area (Å²) >= 11 is 0. The number of anilines is 1. The van der Waals surface area contributed by atoms with Gasteiger partial charge in [0.2, 0.25) is 5.91 Å². The highest BCUT2D eigenvalue weighted by atomic mass is 16.4. The lowest BCUT2D eigenvalue weighted by atomic mass is 10.1. The first-order valence-electron chi connectivity index (χ1n) is 8.47. The molecular weight excluding hydrogens is 344 g/mol. The summed E-state index contributed by atoms with van der Waals surface area (Å²) in [5.41, 5.74) is 2.70. The minimum absolute atomic E-state index is 0.167. The Labute approximate surface area is 156 Å². The number of aromatic carboxylic acids is 1. The van der Waals surface area contributed by atoms with Gasteiger partial charge in [0, 0.05) is 11.6 Å². The molecule has 3 aromatic rings. The van der Waals surface area contributed by atoms with E-state index in [0.717, 1.165) is 11.1 Å². The number of aromatic nitrogens is 2. The van der Waals surface area contributed by atoms with Gasteiger partial charge < -0.3 is 15.7 Å². The molecule has 3 rings (SSSR count). The number of likely N-dealkylation sites (N-methyl/N-ethyl adjacent to an activating group) is 1. The zero-order chi connectivity index (χ0) is 19.2. The van der Waals surface area contributed by atoms with E-state index in [1.165, 1.54) is 12.1 Å². The molecule has 1 heterocycles. The minimum Gasteiger partial charge on any atom is -0.478 e. The summed E-state index contributed by atoms with van der Waals surface area (Å²) in [6.07, 6.45) is 0. The second-order valence-corrected chi connectivity index (χ2v) is 6.02. The highest BCUT2D eigenvalue weighted by molar-refractivity contribution is 5.92. The van der Waals surface area contributed by atoms with Crippen molar-refractivity contribution in [1.29, 1.82) is 0 Å². The van der Waals surface area contributed by atoms with Crippen LogP contribution in [0.25, 0.3) is 11.3 Å². The summed E-state index contributed by atoms with van der Waals surface area (Å²) in [6.45, 7) is 0.697. The maximum absolute atomic E-state index is 12.0. The number of amides is 1. The Balaban J connectivity index is 1.92. The number of rotatable bonds is 7. The van der Waals surface area contributed by atoms with E-state index < -0.39 is 5.97 Å². The Hall–Kier alpha value is -3.45. The molecule has 0 bridgehead atoms. The number of carbonyl (C=O) groups is 2. The van der Waals surface area contributed by atoms with Crippen LogP contribution in [-0.4, -0.2) is 40.4 Å².